The van der Waals surface area contributed by atoms with Crippen LogP contribution in [0.4, 0.5) is 4.79 Å². The van der Waals surface area contributed by atoms with Crippen molar-refractivity contribution in [2.75, 3.05) is 19.6 Å². The molecular formula is C14H24N2O3. The Morgan fingerprint density at radius 3 is 2.16 bits per heavy atom. The van der Waals surface area contributed by atoms with Gasteiger partial charge < -0.3 is 15.3 Å². The molecule has 2 fully saturated rings. The summed E-state index contributed by atoms with van der Waals surface area (Å²) in [5, 5.41) is 11.6. The van der Waals surface area contributed by atoms with Crippen LogP contribution in [0.2, 0.25) is 0 Å². The third-order valence-electron chi connectivity index (χ3n) is 3.91. The number of rotatable bonds is 8. The van der Waals surface area contributed by atoms with E-state index in [0.29, 0.717) is 24.8 Å². The summed E-state index contributed by atoms with van der Waals surface area (Å²) in [6.07, 6.45) is 5.45. The van der Waals surface area contributed by atoms with E-state index in [-0.39, 0.29) is 6.03 Å². The third kappa shape index (κ3) is 5.09. The number of aliphatic carboxylic acids is 1. The van der Waals surface area contributed by atoms with Gasteiger partial charge in [-0.05, 0) is 43.9 Å². The molecular weight excluding hydrogens is 244 g/mol. The van der Waals surface area contributed by atoms with E-state index in [0.717, 1.165) is 13.1 Å². The number of carbonyl (C=O) groups excluding carboxylic acids is 1. The molecule has 2 amide bonds. The number of nitrogens with one attached hydrogen (secondary N) is 1. The maximum Gasteiger partial charge on any atom is 0.317 e. The Balaban J connectivity index is 1.69. The second-order valence-electron chi connectivity index (χ2n) is 6.05. The van der Waals surface area contributed by atoms with Crippen LogP contribution in [0.25, 0.3) is 0 Å². The molecule has 19 heavy (non-hydrogen) atoms. The minimum atomic E-state index is -0.804. The number of hydrogen-bond donors (Lipinski definition) is 2. The van der Waals surface area contributed by atoms with Crippen molar-refractivity contribution in [2.24, 2.45) is 17.8 Å². The monoisotopic (exact) mass is 268 g/mol. The zero-order valence-electron chi connectivity index (χ0n) is 11.6. The van der Waals surface area contributed by atoms with E-state index in [1.807, 2.05) is 4.90 Å². The fourth-order valence-electron chi connectivity index (χ4n) is 2.10. The van der Waals surface area contributed by atoms with Gasteiger partial charge in [0.05, 0.1) is 5.92 Å². The molecule has 0 aliphatic heterocycles. The molecule has 108 valence electrons. The quantitative estimate of drug-likeness (QED) is 0.706. The first-order valence-corrected chi connectivity index (χ1v) is 7.32. The van der Waals surface area contributed by atoms with Crippen LogP contribution in [0.3, 0.4) is 0 Å². The molecule has 0 aromatic heterocycles. The average Bonchev–Trinajstić information content (AvgIpc) is 3.22. The summed E-state index contributed by atoms with van der Waals surface area (Å²) in [7, 11) is 0. The van der Waals surface area contributed by atoms with Crippen LogP contribution in [0.15, 0.2) is 0 Å². The van der Waals surface area contributed by atoms with Crippen LogP contribution in [0.1, 0.15) is 39.0 Å². The van der Waals surface area contributed by atoms with Crippen molar-refractivity contribution in [1.82, 2.24) is 10.2 Å². The molecule has 0 saturated heterocycles. The highest BCUT2D eigenvalue weighted by Crippen LogP contribution is 2.33. The molecule has 1 unspecified atom stereocenters. The fraction of sp³-hybridized carbons (Fsp3) is 0.857. The third-order valence-corrected chi connectivity index (χ3v) is 3.91. The van der Waals surface area contributed by atoms with Gasteiger partial charge >= 0.3 is 12.0 Å². The number of carboxylic acid groups (broad SMARTS) is 1. The zero-order chi connectivity index (χ0) is 13.8. The second kappa shape index (κ2) is 6.26. The van der Waals surface area contributed by atoms with Gasteiger partial charge in [0, 0.05) is 19.6 Å². The van der Waals surface area contributed by atoms with Crippen LogP contribution in [-0.4, -0.2) is 41.6 Å². The molecule has 0 aromatic rings. The van der Waals surface area contributed by atoms with Crippen molar-refractivity contribution in [1.29, 1.82) is 0 Å². The summed E-state index contributed by atoms with van der Waals surface area (Å²) >= 11 is 0. The molecule has 0 radical (unpaired) electrons. The van der Waals surface area contributed by atoms with Gasteiger partial charge in [-0.15, -0.1) is 0 Å². The molecule has 5 heteroatoms. The molecule has 1 atom stereocenters. The van der Waals surface area contributed by atoms with Crippen LogP contribution >= 0.6 is 0 Å². The summed E-state index contributed by atoms with van der Waals surface area (Å²) in [6.45, 7) is 3.85. The lowest BCUT2D eigenvalue weighted by atomic mass is 10.1. The standard InChI is InChI=1S/C14H24N2O3/c1-10(13(17)18)6-7-15-14(19)16(8-11-2-3-11)9-12-4-5-12/h10-12H,2-9H2,1H3,(H,15,19)(H,17,18). The average molecular weight is 268 g/mol. The van der Waals surface area contributed by atoms with Gasteiger partial charge in [0.1, 0.15) is 0 Å². The van der Waals surface area contributed by atoms with Gasteiger partial charge in [0.15, 0.2) is 0 Å². The predicted molar refractivity (Wildman–Crippen MR) is 71.8 cm³/mol. The normalized spacial score (nSPS) is 19.8. The van der Waals surface area contributed by atoms with Crippen LogP contribution in [0, 0.1) is 17.8 Å². The lowest BCUT2D eigenvalue weighted by Crippen LogP contribution is -2.43. The summed E-state index contributed by atoms with van der Waals surface area (Å²) in [4.78, 5) is 24.7. The van der Waals surface area contributed by atoms with Crippen molar-refractivity contribution in [3.8, 4) is 0 Å². The Hall–Kier alpha value is -1.26. The molecule has 2 aliphatic rings. The van der Waals surface area contributed by atoms with E-state index in [4.69, 9.17) is 5.11 Å². The molecule has 0 spiro atoms. The lowest BCUT2D eigenvalue weighted by Gasteiger charge is -2.23. The molecule has 5 nitrogen and oxygen atoms in total. The van der Waals surface area contributed by atoms with E-state index < -0.39 is 11.9 Å². The molecule has 2 rings (SSSR count). The van der Waals surface area contributed by atoms with Crippen molar-refractivity contribution in [3.05, 3.63) is 0 Å². The molecule has 0 bridgehead atoms. The predicted octanol–water partition coefficient (Wildman–Crippen LogP) is 1.93. The van der Waals surface area contributed by atoms with Gasteiger partial charge in [-0.25, -0.2) is 4.79 Å². The van der Waals surface area contributed by atoms with Gasteiger partial charge in [-0.3, -0.25) is 4.79 Å². The Kier molecular flexibility index (Phi) is 4.66. The first-order valence-electron chi connectivity index (χ1n) is 7.32. The topological polar surface area (TPSA) is 69.6 Å². The Bertz CT molecular complexity index is 324. The minimum absolute atomic E-state index is 0.0172. The van der Waals surface area contributed by atoms with Gasteiger partial charge in [-0.2, -0.15) is 0 Å². The van der Waals surface area contributed by atoms with E-state index in [2.05, 4.69) is 5.32 Å². The number of carbonyl (C=O) groups is 2. The Morgan fingerprint density at radius 2 is 1.74 bits per heavy atom. The first-order chi connectivity index (χ1) is 9.06. The first kappa shape index (κ1) is 14.2. The maximum atomic E-state index is 12.1. The van der Waals surface area contributed by atoms with E-state index >= 15 is 0 Å². The summed E-state index contributed by atoms with van der Waals surface area (Å²) in [5.74, 6) is 0.188. The van der Waals surface area contributed by atoms with E-state index in [1.165, 1.54) is 25.7 Å². The highest BCUT2D eigenvalue weighted by atomic mass is 16.4. The summed E-state index contributed by atoms with van der Waals surface area (Å²) in [6, 6.07) is -0.0172. The number of amides is 2. The summed E-state index contributed by atoms with van der Waals surface area (Å²) < 4.78 is 0. The summed E-state index contributed by atoms with van der Waals surface area (Å²) in [5.41, 5.74) is 0. The van der Waals surface area contributed by atoms with Crippen molar-refractivity contribution in [2.45, 2.75) is 39.0 Å². The molecule has 2 aliphatic carbocycles. The Labute approximate surface area is 114 Å². The van der Waals surface area contributed by atoms with Crippen LogP contribution in [-0.2, 0) is 4.79 Å². The smallest absolute Gasteiger partial charge is 0.317 e. The number of urea groups is 1. The molecule has 2 N–H and O–H groups in total. The Morgan fingerprint density at radius 1 is 1.21 bits per heavy atom. The number of hydrogen-bond acceptors (Lipinski definition) is 2. The lowest BCUT2D eigenvalue weighted by molar-refractivity contribution is -0.141. The minimum Gasteiger partial charge on any atom is -0.481 e. The second-order valence-corrected chi connectivity index (χ2v) is 6.05. The SMILES string of the molecule is CC(CCNC(=O)N(CC1CC1)CC1CC1)C(=O)O. The number of nitrogens with zero attached hydrogens (tertiary/aromatic N) is 1. The molecule has 2 saturated carbocycles. The fourth-order valence-corrected chi connectivity index (χ4v) is 2.10. The van der Waals surface area contributed by atoms with Crippen molar-refractivity contribution < 1.29 is 14.7 Å². The van der Waals surface area contributed by atoms with Crippen LogP contribution in [0.5, 0.6) is 0 Å². The maximum absolute atomic E-state index is 12.1. The van der Waals surface area contributed by atoms with Gasteiger partial charge in [0.25, 0.3) is 0 Å². The van der Waals surface area contributed by atoms with Gasteiger partial charge in [0.2, 0.25) is 0 Å². The van der Waals surface area contributed by atoms with E-state index in [1.54, 1.807) is 6.92 Å². The highest BCUT2D eigenvalue weighted by molar-refractivity contribution is 5.74. The van der Waals surface area contributed by atoms with Crippen molar-refractivity contribution in [3.63, 3.8) is 0 Å². The highest BCUT2D eigenvalue weighted by Gasteiger charge is 2.31. The zero-order valence-corrected chi connectivity index (χ0v) is 11.6. The van der Waals surface area contributed by atoms with Gasteiger partial charge in [-0.1, -0.05) is 6.92 Å². The van der Waals surface area contributed by atoms with E-state index in [9.17, 15) is 9.59 Å². The van der Waals surface area contributed by atoms with Crippen LogP contribution < -0.4 is 5.32 Å². The number of carboxylic acids is 1. The largest absolute Gasteiger partial charge is 0.481 e. The van der Waals surface area contributed by atoms with Crippen molar-refractivity contribution >= 4 is 12.0 Å². The molecule has 0 heterocycles. The molecule has 0 aromatic carbocycles.